The molecular weight excluding hydrogens is 240 g/mol. The molecule has 1 N–H and O–H groups in total. The number of carbonyl (C=O) groups is 1. The Bertz CT molecular complexity index is 642. The first-order chi connectivity index (χ1) is 9.19. The molecule has 0 atom stereocenters. The van der Waals surface area contributed by atoms with E-state index in [-0.39, 0.29) is 18.1 Å². The van der Waals surface area contributed by atoms with Gasteiger partial charge in [-0.1, -0.05) is 30.3 Å². The van der Waals surface area contributed by atoms with Gasteiger partial charge in [-0.05, 0) is 29.7 Å². The van der Waals surface area contributed by atoms with Gasteiger partial charge < -0.3 is 9.84 Å². The largest absolute Gasteiger partial charge is 0.507 e. The Morgan fingerprint density at radius 1 is 1.32 bits per heavy atom. The van der Waals surface area contributed by atoms with Crippen LogP contribution >= 0.6 is 0 Å². The molecule has 0 bridgehead atoms. The van der Waals surface area contributed by atoms with Crippen LogP contribution < -0.4 is 0 Å². The van der Waals surface area contributed by atoms with E-state index >= 15 is 0 Å². The van der Waals surface area contributed by atoms with E-state index < -0.39 is 0 Å². The fourth-order valence-corrected chi connectivity index (χ4v) is 2.42. The molecule has 2 aromatic rings. The summed E-state index contributed by atoms with van der Waals surface area (Å²) in [5, 5.41) is 12.1. The van der Waals surface area contributed by atoms with Gasteiger partial charge in [0, 0.05) is 10.9 Å². The number of phenolic OH excluding ortho intramolecular Hbond substituents is 1. The fourth-order valence-electron chi connectivity index (χ4n) is 2.42. The molecule has 0 aliphatic heterocycles. The maximum absolute atomic E-state index is 11.3. The van der Waals surface area contributed by atoms with E-state index in [0.717, 1.165) is 10.8 Å². The average Bonchev–Trinajstić information content (AvgIpc) is 3.26. The van der Waals surface area contributed by atoms with Crippen molar-refractivity contribution in [2.75, 3.05) is 7.11 Å². The molecule has 0 radical (unpaired) electrons. The minimum absolute atomic E-state index is 0.0999. The minimum Gasteiger partial charge on any atom is -0.507 e. The third kappa shape index (κ3) is 2.28. The van der Waals surface area contributed by atoms with Crippen LogP contribution in [0.1, 0.15) is 29.9 Å². The standard InChI is InChI=1S/C16H16O3/c1-19-15(17)9-13-5-4-12-8-11(10-2-3-10)6-7-14(12)16(13)18/h4-8,10,18H,2-3,9H2,1H3. The first-order valence-electron chi connectivity index (χ1n) is 6.50. The Hall–Kier alpha value is -2.03. The van der Waals surface area contributed by atoms with Gasteiger partial charge >= 0.3 is 5.97 Å². The molecule has 0 aromatic heterocycles. The zero-order chi connectivity index (χ0) is 13.4. The SMILES string of the molecule is COC(=O)Cc1ccc2cc(C3CC3)ccc2c1O. The monoisotopic (exact) mass is 256 g/mol. The summed E-state index contributed by atoms with van der Waals surface area (Å²) in [6, 6.07) is 9.90. The first kappa shape index (κ1) is 12.0. The van der Waals surface area contributed by atoms with E-state index in [9.17, 15) is 9.90 Å². The number of hydrogen-bond donors (Lipinski definition) is 1. The summed E-state index contributed by atoms with van der Waals surface area (Å²) in [6.45, 7) is 0. The van der Waals surface area contributed by atoms with Crippen LogP contribution in [0.2, 0.25) is 0 Å². The fraction of sp³-hybridized carbons (Fsp3) is 0.312. The predicted molar refractivity (Wildman–Crippen MR) is 73.3 cm³/mol. The number of aromatic hydroxyl groups is 1. The van der Waals surface area contributed by atoms with Gasteiger partial charge in [0.25, 0.3) is 0 Å². The van der Waals surface area contributed by atoms with Crippen molar-refractivity contribution in [1.82, 2.24) is 0 Å². The van der Waals surface area contributed by atoms with Gasteiger partial charge in [-0.2, -0.15) is 0 Å². The van der Waals surface area contributed by atoms with E-state index in [4.69, 9.17) is 0 Å². The Kier molecular flexibility index (Phi) is 2.90. The third-order valence-electron chi connectivity index (χ3n) is 3.71. The van der Waals surface area contributed by atoms with E-state index in [2.05, 4.69) is 16.9 Å². The van der Waals surface area contributed by atoms with Crippen molar-refractivity contribution in [3.63, 3.8) is 0 Å². The number of esters is 1. The second-order valence-corrected chi connectivity index (χ2v) is 5.08. The normalized spacial score (nSPS) is 14.6. The van der Waals surface area contributed by atoms with Crippen molar-refractivity contribution in [3.05, 3.63) is 41.5 Å². The van der Waals surface area contributed by atoms with Crippen LogP contribution in [0.4, 0.5) is 0 Å². The summed E-state index contributed by atoms with van der Waals surface area (Å²) < 4.78 is 4.63. The topological polar surface area (TPSA) is 46.5 Å². The van der Waals surface area contributed by atoms with Crippen LogP contribution in [0.15, 0.2) is 30.3 Å². The van der Waals surface area contributed by atoms with Crippen LogP contribution in [0.3, 0.4) is 0 Å². The highest BCUT2D eigenvalue weighted by Crippen LogP contribution is 2.41. The van der Waals surface area contributed by atoms with Crippen molar-refractivity contribution in [1.29, 1.82) is 0 Å². The Morgan fingerprint density at radius 2 is 2.11 bits per heavy atom. The molecule has 0 heterocycles. The number of rotatable bonds is 3. The average molecular weight is 256 g/mol. The molecule has 1 saturated carbocycles. The predicted octanol–water partition coefficient (Wildman–Crippen LogP) is 3.14. The molecule has 0 amide bonds. The Labute approximate surface area is 111 Å². The molecule has 0 saturated heterocycles. The maximum Gasteiger partial charge on any atom is 0.310 e. The second kappa shape index (κ2) is 4.57. The van der Waals surface area contributed by atoms with Crippen molar-refractivity contribution >= 4 is 16.7 Å². The van der Waals surface area contributed by atoms with Crippen molar-refractivity contribution in [2.24, 2.45) is 0 Å². The van der Waals surface area contributed by atoms with E-state index in [0.29, 0.717) is 11.5 Å². The van der Waals surface area contributed by atoms with Gasteiger partial charge in [0.15, 0.2) is 0 Å². The van der Waals surface area contributed by atoms with Crippen LogP contribution in [-0.2, 0) is 16.0 Å². The van der Waals surface area contributed by atoms with Gasteiger partial charge in [0.1, 0.15) is 5.75 Å². The van der Waals surface area contributed by atoms with Gasteiger partial charge in [0.05, 0.1) is 13.5 Å². The Morgan fingerprint density at radius 3 is 2.79 bits per heavy atom. The number of hydrogen-bond acceptors (Lipinski definition) is 3. The molecule has 0 unspecified atom stereocenters. The lowest BCUT2D eigenvalue weighted by molar-refractivity contribution is -0.139. The van der Waals surface area contributed by atoms with Crippen molar-refractivity contribution in [2.45, 2.75) is 25.2 Å². The molecule has 1 fully saturated rings. The minimum atomic E-state index is -0.343. The Balaban J connectivity index is 2.01. The van der Waals surface area contributed by atoms with Crippen LogP contribution in [0, 0.1) is 0 Å². The molecule has 3 heteroatoms. The number of carbonyl (C=O) groups excluding carboxylic acids is 1. The van der Waals surface area contributed by atoms with Gasteiger partial charge in [-0.15, -0.1) is 0 Å². The van der Waals surface area contributed by atoms with E-state index in [1.54, 1.807) is 6.07 Å². The number of benzene rings is 2. The van der Waals surface area contributed by atoms with E-state index in [1.165, 1.54) is 25.5 Å². The second-order valence-electron chi connectivity index (χ2n) is 5.08. The highest BCUT2D eigenvalue weighted by atomic mass is 16.5. The molecule has 98 valence electrons. The van der Waals surface area contributed by atoms with Crippen molar-refractivity contribution < 1.29 is 14.6 Å². The summed E-state index contributed by atoms with van der Waals surface area (Å²) in [7, 11) is 1.35. The highest BCUT2D eigenvalue weighted by molar-refractivity contribution is 5.91. The molecule has 0 spiro atoms. The zero-order valence-electron chi connectivity index (χ0n) is 10.8. The summed E-state index contributed by atoms with van der Waals surface area (Å²) in [5.41, 5.74) is 1.95. The van der Waals surface area contributed by atoms with Gasteiger partial charge in [0.2, 0.25) is 0 Å². The lowest BCUT2D eigenvalue weighted by Gasteiger charge is -2.08. The van der Waals surface area contributed by atoms with Gasteiger partial charge in [-0.3, -0.25) is 4.79 Å². The summed E-state index contributed by atoms with van der Waals surface area (Å²) in [5.74, 6) is 0.538. The smallest absolute Gasteiger partial charge is 0.310 e. The van der Waals surface area contributed by atoms with E-state index in [1.807, 2.05) is 12.1 Å². The van der Waals surface area contributed by atoms with Crippen LogP contribution in [0.25, 0.3) is 10.8 Å². The number of phenols is 1. The highest BCUT2D eigenvalue weighted by Gasteiger charge is 2.23. The molecule has 3 rings (SSSR count). The quantitative estimate of drug-likeness (QED) is 0.858. The third-order valence-corrected chi connectivity index (χ3v) is 3.71. The molecule has 3 nitrogen and oxygen atoms in total. The van der Waals surface area contributed by atoms with Gasteiger partial charge in [-0.25, -0.2) is 0 Å². The molecular formula is C16H16O3. The lowest BCUT2D eigenvalue weighted by Crippen LogP contribution is -2.04. The molecule has 1 aliphatic rings. The summed E-state index contributed by atoms with van der Waals surface area (Å²) in [6.07, 6.45) is 2.62. The first-order valence-corrected chi connectivity index (χ1v) is 6.50. The number of fused-ring (bicyclic) bond motifs is 1. The van der Waals surface area contributed by atoms with Crippen LogP contribution in [-0.4, -0.2) is 18.2 Å². The molecule has 19 heavy (non-hydrogen) atoms. The molecule has 2 aromatic carbocycles. The van der Waals surface area contributed by atoms with Crippen molar-refractivity contribution in [3.8, 4) is 5.75 Å². The van der Waals surface area contributed by atoms with Crippen LogP contribution in [0.5, 0.6) is 5.75 Å². The maximum atomic E-state index is 11.3. The zero-order valence-corrected chi connectivity index (χ0v) is 10.8. The number of ether oxygens (including phenoxy) is 1. The molecule has 1 aliphatic carbocycles. The number of methoxy groups -OCH3 is 1. The summed E-state index contributed by atoms with van der Waals surface area (Å²) in [4.78, 5) is 11.3. The summed E-state index contributed by atoms with van der Waals surface area (Å²) >= 11 is 0. The lowest BCUT2D eigenvalue weighted by atomic mass is 10.00.